The summed E-state index contributed by atoms with van der Waals surface area (Å²) < 4.78 is 32.7. The summed E-state index contributed by atoms with van der Waals surface area (Å²) in [5.74, 6) is -2.47. The molecule has 0 aromatic carbocycles. The Morgan fingerprint density at radius 3 is 1.49 bits per heavy atom. The van der Waals surface area contributed by atoms with Gasteiger partial charge in [-0.15, -0.1) is 0 Å². The van der Waals surface area contributed by atoms with Crippen LogP contribution in [0.4, 0.5) is 0 Å². The molecular weight excluding hydrogens is 769 g/mol. The van der Waals surface area contributed by atoms with Gasteiger partial charge in [-0.3, -0.25) is 23.4 Å². The van der Waals surface area contributed by atoms with Crippen molar-refractivity contribution in [3.63, 3.8) is 0 Å². The number of rotatable bonds is 41. The molecule has 0 amide bonds. The van der Waals surface area contributed by atoms with E-state index in [-0.39, 0.29) is 19.4 Å². The van der Waals surface area contributed by atoms with Crippen molar-refractivity contribution in [3.8, 4) is 0 Å². The first-order chi connectivity index (χ1) is 28.6. The van der Waals surface area contributed by atoms with Crippen LogP contribution >= 0.6 is 7.82 Å². The molecule has 4 N–H and O–H groups in total. The van der Waals surface area contributed by atoms with E-state index in [1.165, 1.54) is 70.6 Å². The van der Waals surface area contributed by atoms with E-state index in [9.17, 15) is 23.8 Å². The Kier molecular flexibility index (Phi) is 39.5. The van der Waals surface area contributed by atoms with Gasteiger partial charge in [0.2, 0.25) is 0 Å². The number of hydrogen-bond acceptors (Lipinski definition) is 9. The highest BCUT2D eigenvalue weighted by Crippen LogP contribution is 2.43. The molecule has 0 radical (unpaired) electrons. The predicted octanol–water partition coefficient (Wildman–Crippen LogP) is 12.1. The van der Waals surface area contributed by atoms with E-state index in [1.54, 1.807) is 0 Å². The Labute approximate surface area is 357 Å². The van der Waals surface area contributed by atoms with Crippen molar-refractivity contribution in [1.29, 1.82) is 0 Å². The highest BCUT2D eigenvalue weighted by atomic mass is 31.2. The lowest BCUT2D eigenvalue weighted by molar-refractivity contribution is -0.161. The molecular formula is C47H80NO10P. The van der Waals surface area contributed by atoms with E-state index < -0.39 is 51.1 Å². The molecule has 0 bridgehead atoms. The van der Waals surface area contributed by atoms with E-state index in [1.807, 2.05) is 12.2 Å². The molecule has 0 saturated heterocycles. The first kappa shape index (κ1) is 55.9. The standard InChI is InChI=1S/C47H80NO10P/c1-3-5-7-9-11-13-15-17-19-21-23-24-26-28-30-32-34-36-38-45(49)55-40-43(41-56-59(53,54)57-42-44(48)47(51)52)58-46(50)39-37-35-33-31-29-27-25-22-20-18-16-14-12-10-8-6-4-2/h6,8,12,14,18-21,25,27,31,33,43-44H,3-5,7,9-11,13,15-17,22-24,26,28-30,32,34-42,48H2,1-2H3,(H,51,52)(H,53,54)/b8-6-,14-12-,20-18-,21-19-,27-25-,33-31-. The van der Waals surface area contributed by atoms with Crippen LogP contribution in [0.5, 0.6) is 0 Å². The molecule has 0 rings (SSSR count). The molecule has 12 heteroatoms. The number of nitrogens with two attached hydrogens (primary N) is 1. The topological polar surface area (TPSA) is 172 Å². The molecule has 0 aliphatic heterocycles. The molecule has 0 aromatic heterocycles. The highest BCUT2D eigenvalue weighted by Gasteiger charge is 2.28. The van der Waals surface area contributed by atoms with Crippen molar-refractivity contribution in [2.24, 2.45) is 5.73 Å². The molecule has 0 fully saturated rings. The lowest BCUT2D eigenvalue weighted by atomic mass is 10.1. The van der Waals surface area contributed by atoms with Gasteiger partial charge in [-0.05, 0) is 77.0 Å². The number of phosphoric acid groups is 1. The molecule has 3 unspecified atom stereocenters. The number of phosphoric ester groups is 1. The molecule has 11 nitrogen and oxygen atoms in total. The van der Waals surface area contributed by atoms with Crippen LogP contribution in [0.25, 0.3) is 0 Å². The Bertz CT molecular complexity index is 1280. The fraction of sp³-hybridized carbons (Fsp3) is 0.681. The van der Waals surface area contributed by atoms with Gasteiger partial charge in [-0.1, -0.05) is 157 Å². The lowest BCUT2D eigenvalue weighted by Gasteiger charge is -2.20. The Hall–Kier alpha value is -3.08. The van der Waals surface area contributed by atoms with E-state index in [2.05, 4.69) is 79.1 Å². The molecule has 0 saturated carbocycles. The maximum absolute atomic E-state index is 12.6. The van der Waals surface area contributed by atoms with Crippen LogP contribution in [-0.2, 0) is 37.5 Å². The maximum atomic E-state index is 12.6. The molecule has 0 spiro atoms. The first-order valence-corrected chi connectivity index (χ1v) is 24.0. The minimum Gasteiger partial charge on any atom is -0.480 e. The quantitative estimate of drug-likeness (QED) is 0.0231. The summed E-state index contributed by atoms with van der Waals surface area (Å²) in [5, 5.41) is 8.89. The minimum absolute atomic E-state index is 0.0789. The molecule has 0 aliphatic carbocycles. The van der Waals surface area contributed by atoms with Crippen LogP contribution in [0.15, 0.2) is 72.9 Å². The van der Waals surface area contributed by atoms with E-state index in [0.29, 0.717) is 19.3 Å². The number of carbonyl (C=O) groups excluding carboxylic acids is 2. The number of allylic oxidation sites excluding steroid dienone is 12. The summed E-state index contributed by atoms with van der Waals surface area (Å²) >= 11 is 0. The fourth-order valence-corrected chi connectivity index (χ4v) is 6.46. The zero-order valence-corrected chi connectivity index (χ0v) is 37.5. The van der Waals surface area contributed by atoms with E-state index in [4.69, 9.17) is 24.8 Å². The lowest BCUT2D eigenvalue weighted by Crippen LogP contribution is -2.34. The third-order valence-corrected chi connectivity index (χ3v) is 10.1. The minimum atomic E-state index is -4.74. The number of carbonyl (C=O) groups is 3. The Morgan fingerprint density at radius 1 is 0.542 bits per heavy atom. The molecule has 59 heavy (non-hydrogen) atoms. The Morgan fingerprint density at radius 2 is 0.966 bits per heavy atom. The molecule has 0 aromatic rings. The average molecular weight is 850 g/mol. The second kappa shape index (κ2) is 41.6. The average Bonchev–Trinajstić information content (AvgIpc) is 3.21. The number of unbranched alkanes of at least 4 members (excludes halogenated alkanes) is 15. The van der Waals surface area contributed by atoms with Gasteiger partial charge in [0.25, 0.3) is 0 Å². The van der Waals surface area contributed by atoms with Gasteiger partial charge in [-0.2, -0.15) is 0 Å². The van der Waals surface area contributed by atoms with Crippen molar-refractivity contribution in [2.75, 3.05) is 19.8 Å². The molecule has 3 atom stereocenters. The molecule has 0 heterocycles. The van der Waals surface area contributed by atoms with Crippen LogP contribution < -0.4 is 5.73 Å². The first-order valence-electron chi connectivity index (χ1n) is 22.5. The normalized spacial score (nSPS) is 14.4. The summed E-state index contributed by atoms with van der Waals surface area (Å²) in [6, 6.07) is -1.53. The van der Waals surface area contributed by atoms with E-state index in [0.717, 1.165) is 57.8 Å². The van der Waals surface area contributed by atoms with Crippen LogP contribution in [0.1, 0.15) is 174 Å². The van der Waals surface area contributed by atoms with Crippen LogP contribution in [-0.4, -0.2) is 59.9 Å². The van der Waals surface area contributed by atoms with E-state index >= 15 is 0 Å². The van der Waals surface area contributed by atoms with Crippen LogP contribution in [0.2, 0.25) is 0 Å². The predicted molar refractivity (Wildman–Crippen MR) is 240 cm³/mol. The number of esters is 2. The second-order valence-electron chi connectivity index (χ2n) is 14.8. The third-order valence-electron chi connectivity index (χ3n) is 9.19. The third kappa shape index (κ3) is 41.4. The highest BCUT2D eigenvalue weighted by molar-refractivity contribution is 7.47. The van der Waals surface area contributed by atoms with Crippen LogP contribution in [0, 0.1) is 0 Å². The molecule has 0 aliphatic rings. The van der Waals surface area contributed by atoms with Crippen molar-refractivity contribution in [2.45, 2.75) is 187 Å². The molecule has 338 valence electrons. The number of carboxylic acid groups (broad SMARTS) is 1. The van der Waals surface area contributed by atoms with Gasteiger partial charge in [0.1, 0.15) is 12.6 Å². The largest absolute Gasteiger partial charge is 0.480 e. The summed E-state index contributed by atoms with van der Waals surface area (Å²) in [6.07, 6.45) is 49.7. The smallest absolute Gasteiger partial charge is 0.472 e. The fourth-order valence-electron chi connectivity index (χ4n) is 5.68. The van der Waals surface area contributed by atoms with Crippen LogP contribution in [0.3, 0.4) is 0 Å². The zero-order valence-electron chi connectivity index (χ0n) is 36.6. The summed E-state index contributed by atoms with van der Waals surface area (Å²) in [6.45, 7) is 2.62. The number of carboxylic acids is 1. The van der Waals surface area contributed by atoms with Crippen molar-refractivity contribution >= 4 is 25.7 Å². The SMILES string of the molecule is CC/C=C\C/C=C\C/C=C\C/C=C\C/C=C\CCCC(=O)OC(COC(=O)CCCCCCCCC/C=C\CCCCCCCCC)COP(=O)(O)OCC(N)C(=O)O. The second-order valence-corrected chi connectivity index (χ2v) is 16.2. The summed E-state index contributed by atoms with van der Waals surface area (Å²) in [7, 11) is -4.74. The van der Waals surface area contributed by atoms with Gasteiger partial charge in [0.05, 0.1) is 13.2 Å². The van der Waals surface area contributed by atoms with Gasteiger partial charge in [-0.25, -0.2) is 4.57 Å². The van der Waals surface area contributed by atoms with Gasteiger partial charge >= 0.3 is 25.7 Å². The summed E-state index contributed by atoms with van der Waals surface area (Å²) in [4.78, 5) is 46.0. The van der Waals surface area contributed by atoms with Crippen molar-refractivity contribution in [1.82, 2.24) is 0 Å². The number of aliphatic carboxylic acids is 1. The van der Waals surface area contributed by atoms with Crippen molar-refractivity contribution in [3.05, 3.63) is 72.9 Å². The number of ether oxygens (including phenoxy) is 2. The Balaban J connectivity index is 4.44. The summed E-state index contributed by atoms with van der Waals surface area (Å²) in [5.41, 5.74) is 5.33. The maximum Gasteiger partial charge on any atom is 0.472 e. The monoisotopic (exact) mass is 850 g/mol. The zero-order chi connectivity index (χ0) is 43.5. The van der Waals surface area contributed by atoms with Gasteiger partial charge in [0.15, 0.2) is 6.10 Å². The van der Waals surface area contributed by atoms with Crippen molar-refractivity contribution < 1.29 is 47.5 Å². The van der Waals surface area contributed by atoms with Gasteiger partial charge < -0.3 is 25.2 Å². The van der Waals surface area contributed by atoms with Gasteiger partial charge in [0, 0.05) is 12.8 Å². The number of hydrogen-bond donors (Lipinski definition) is 3.